The maximum Gasteiger partial charge on any atom is 0.295 e. The summed E-state index contributed by atoms with van der Waals surface area (Å²) in [5.74, 6) is -1.43. The van der Waals surface area contributed by atoms with Crippen molar-refractivity contribution in [2.45, 2.75) is 52.4 Å². The van der Waals surface area contributed by atoms with Crippen molar-refractivity contribution in [3.05, 3.63) is 58.9 Å². The van der Waals surface area contributed by atoms with Crippen LogP contribution in [-0.4, -0.2) is 34.7 Å². The van der Waals surface area contributed by atoms with Gasteiger partial charge < -0.3 is 9.88 Å². The number of nitrogens with one attached hydrogen (secondary N) is 1. The van der Waals surface area contributed by atoms with E-state index in [-0.39, 0.29) is 11.4 Å². The Morgan fingerprint density at radius 3 is 2.16 bits per heavy atom. The predicted octanol–water partition coefficient (Wildman–Crippen LogP) is 7.02. The molecule has 0 saturated carbocycles. The Balaban J connectivity index is 2.02. The number of hydrogen-bond acceptors (Lipinski definition) is 2. The Hall–Kier alpha value is -2.66. The Morgan fingerprint density at radius 1 is 0.938 bits per heavy atom. The summed E-state index contributed by atoms with van der Waals surface area (Å²) in [4.78, 5) is 31.9. The Labute approximate surface area is 193 Å². The molecular weight excluding hydrogens is 427 g/mol. The molecule has 3 aromatic rings. The van der Waals surface area contributed by atoms with E-state index in [0.717, 1.165) is 38.5 Å². The molecule has 0 saturated heterocycles. The summed E-state index contributed by atoms with van der Waals surface area (Å²) >= 11 is 6.21. The van der Waals surface area contributed by atoms with Crippen LogP contribution in [0.4, 0.5) is 4.39 Å². The van der Waals surface area contributed by atoms with Gasteiger partial charge in [0.15, 0.2) is 0 Å². The van der Waals surface area contributed by atoms with E-state index in [1.54, 1.807) is 35.2 Å². The van der Waals surface area contributed by atoms with Gasteiger partial charge in [-0.05, 0) is 60.9 Å². The van der Waals surface area contributed by atoms with Gasteiger partial charge in [0.05, 0.1) is 11.3 Å². The standard InChI is InChI=1S/C26H30ClFN2O2/c1-3-5-7-15-30(16-8-6-4-2)26(32)25(31)23-21-17-19(27)11-14-22(21)29-24(23)18-9-12-20(28)13-10-18/h9-14,17,29H,3-8,15-16H2,1-2H3. The van der Waals surface area contributed by atoms with Gasteiger partial charge in [-0.1, -0.05) is 51.1 Å². The molecular formula is C26H30ClFN2O2. The number of carbonyl (C=O) groups excluding carboxylic acids is 2. The summed E-state index contributed by atoms with van der Waals surface area (Å²) in [7, 11) is 0. The molecule has 0 radical (unpaired) electrons. The number of Topliss-reactive ketones (excluding diaryl/α,β-unsaturated/α-hetero) is 1. The fourth-order valence-corrected chi connectivity index (χ4v) is 4.08. The molecule has 32 heavy (non-hydrogen) atoms. The minimum Gasteiger partial charge on any atom is -0.354 e. The fourth-order valence-electron chi connectivity index (χ4n) is 3.90. The number of aromatic amines is 1. The quantitative estimate of drug-likeness (QED) is 0.191. The number of hydrogen-bond donors (Lipinski definition) is 1. The first kappa shape index (κ1) is 24.0. The SMILES string of the molecule is CCCCCN(CCCCC)C(=O)C(=O)c1c(-c2ccc(F)cc2)[nH]c2ccc(Cl)cc12. The Morgan fingerprint density at radius 2 is 1.56 bits per heavy atom. The highest BCUT2D eigenvalue weighted by Gasteiger charge is 2.28. The lowest BCUT2D eigenvalue weighted by Crippen LogP contribution is -2.38. The van der Waals surface area contributed by atoms with E-state index in [2.05, 4.69) is 18.8 Å². The molecule has 0 bridgehead atoms. The second-order valence-electron chi connectivity index (χ2n) is 8.11. The highest BCUT2D eigenvalue weighted by atomic mass is 35.5. The predicted molar refractivity (Wildman–Crippen MR) is 129 cm³/mol. The van der Waals surface area contributed by atoms with Gasteiger partial charge in [0.2, 0.25) is 0 Å². The van der Waals surface area contributed by atoms with Crippen LogP contribution >= 0.6 is 11.6 Å². The lowest BCUT2D eigenvalue weighted by Gasteiger charge is -2.22. The summed E-state index contributed by atoms with van der Waals surface area (Å²) < 4.78 is 13.5. The second-order valence-corrected chi connectivity index (χ2v) is 8.54. The highest BCUT2D eigenvalue weighted by Crippen LogP contribution is 2.33. The fraction of sp³-hybridized carbons (Fsp3) is 0.385. The van der Waals surface area contributed by atoms with Gasteiger partial charge in [-0.15, -0.1) is 0 Å². The van der Waals surface area contributed by atoms with Crippen LogP contribution in [0.1, 0.15) is 62.7 Å². The van der Waals surface area contributed by atoms with E-state index < -0.39 is 11.7 Å². The third-order valence-corrected chi connectivity index (χ3v) is 5.90. The Bertz CT molecular complexity index is 1070. The average Bonchev–Trinajstić information content (AvgIpc) is 3.16. The molecule has 1 amide bonds. The van der Waals surface area contributed by atoms with Crippen molar-refractivity contribution in [3.63, 3.8) is 0 Å². The molecule has 0 aliphatic carbocycles. The van der Waals surface area contributed by atoms with Crippen LogP contribution in [0.2, 0.25) is 5.02 Å². The number of fused-ring (bicyclic) bond motifs is 1. The number of ketones is 1. The smallest absolute Gasteiger partial charge is 0.295 e. The van der Waals surface area contributed by atoms with Gasteiger partial charge in [0, 0.05) is 29.0 Å². The van der Waals surface area contributed by atoms with Crippen LogP contribution in [0.3, 0.4) is 0 Å². The molecule has 1 aromatic heterocycles. The van der Waals surface area contributed by atoms with Gasteiger partial charge in [-0.3, -0.25) is 9.59 Å². The van der Waals surface area contributed by atoms with Crippen molar-refractivity contribution in [2.24, 2.45) is 0 Å². The van der Waals surface area contributed by atoms with Crippen LogP contribution in [0, 0.1) is 5.82 Å². The van der Waals surface area contributed by atoms with E-state index in [4.69, 9.17) is 11.6 Å². The third-order valence-electron chi connectivity index (χ3n) is 5.67. The maximum atomic E-state index is 13.6. The van der Waals surface area contributed by atoms with Gasteiger partial charge in [-0.25, -0.2) is 4.39 Å². The molecule has 170 valence electrons. The van der Waals surface area contributed by atoms with E-state index in [0.29, 0.717) is 40.3 Å². The van der Waals surface area contributed by atoms with Crippen molar-refractivity contribution < 1.29 is 14.0 Å². The maximum absolute atomic E-state index is 13.6. The molecule has 1 heterocycles. The molecule has 1 N–H and O–H groups in total. The van der Waals surface area contributed by atoms with Crippen LogP contribution < -0.4 is 0 Å². The molecule has 0 aliphatic rings. The monoisotopic (exact) mass is 456 g/mol. The summed E-state index contributed by atoms with van der Waals surface area (Å²) in [6.45, 7) is 5.35. The molecule has 6 heteroatoms. The van der Waals surface area contributed by atoms with Crippen LogP contribution in [0.25, 0.3) is 22.2 Å². The average molecular weight is 457 g/mol. The largest absolute Gasteiger partial charge is 0.354 e. The van der Waals surface area contributed by atoms with Gasteiger partial charge in [0.1, 0.15) is 5.82 Å². The van der Waals surface area contributed by atoms with Gasteiger partial charge in [-0.2, -0.15) is 0 Å². The number of rotatable bonds is 11. The Kier molecular flexibility index (Phi) is 8.46. The van der Waals surface area contributed by atoms with Crippen molar-refractivity contribution in [1.82, 2.24) is 9.88 Å². The number of amides is 1. The lowest BCUT2D eigenvalue weighted by molar-refractivity contribution is -0.126. The second kappa shape index (κ2) is 11.3. The summed E-state index contributed by atoms with van der Waals surface area (Å²) in [5, 5.41) is 1.07. The van der Waals surface area contributed by atoms with Crippen molar-refractivity contribution >= 4 is 34.2 Å². The first-order chi connectivity index (χ1) is 15.5. The van der Waals surface area contributed by atoms with E-state index in [1.807, 2.05) is 0 Å². The van der Waals surface area contributed by atoms with Crippen molar-refractivity contribution in [3.8, 4) is 11.3 Å². The van der Waals surface area contributed by atoms with Gasteiger partial charge >= 0.3 is 0 Å². The summed E-state index contributed by atoms with van der Waals surface area (Å²) in [6, 6.07) is 11.1. The van der Waals surface area contributed by atoms with Crippen LogP contribution in [0.15, 0.2) is 42.5 Å². The number of nitrogens with zero attached hydrogens (tertiary/aromatic N) is 1. The molecule has 0 fully saturated rings. The minimum absolute atomic E-state index is 0.287. The molecule has 0 spiro atoms. The molecule has 2 aromatic carbocycles. The summed E-state index contributed by atoms with van der Waals surface area (Å²) in [5.41, 5.74) is 2.13. The van der Waals surface area contributed by atoms with Crippen molar-refractivity contribution in [1.29, 1.82) is 0 Å². The number of carbonyl (C=O) groups is 2. The topological polar surface area (TPSA) is 53.2 Å². The number of benzene rings is 2. The normalized spacial score (nSPS) is 11.1. The number of H-pyrrole nitrogens is 1. The van der Waals surface area contributed by atoms with Crippen molar-refractivity contribution in [2.75, 3.05) is 13.1 Å². The molecule has 0 atom stereocenters. The van der Waals surface area contributed by atoms with Crippen LogP contribution in [0.5, 0.6) is 0 Å². The highest BCUT2D eigenvalue weighted by molar-refractivity contribution is 6.46. The third kappa shape index (κ3) is 5.57. The molecule has 4 nitrogen and oxygen atoms in total. The first-order valence-electron chi connectivity index (χ1n) is 11.4. The summed E-state index contributed by atoms with van der Waals surface area (Å²) in [6.07, 6.45) is 5.84. The number of halogens is 2. The van der Waals surface area contributed by atoms with E-state index in [9.17, 15) is 14.0 Å². The zero-order chi connectivity index (χ0) is 23.1. The van der Waals surface area contributed by atoms with Crippen LogP contribution in [-0.2, 0) is 4.79 Å². The molecule has 0 unspecified atom stereocenters. The number of unbranched alkanes of at least 4 members (excludes halogenated alkanes) is 4. The first-order valence-corrected chi connectivity index (χ1v) is 11.7. The lowest BCUT2D eigenvalue weighted by atomic mass is 10.0. The minimum atomic E-state index is -0.564. The zero-order valence-electron chi connectivity index (χ0n) is 18.7. The molecule has 3 rings (SSSR count). The zero-order valence-corrected chi connectivity index (χ0v) is 19.5. The van der Waals surface area contributed by atoms with E-state index >= 15 is 0 Å². The van der Waals surface area contributed by atoms with Gasteiger partial charge in [0.25, 0.3) is 11.7 Å². The number of aromatic nitrogens is 1. The van der Waals surface area contributed by atoms with E-state index in [1.165, 1.54) is 12.1 Å². The molecule has 0 aliphatic heterocycles.